The van der Waals surface area contributed by atoms with Crippen LogP contribution in [0.2, 0.25) is 0 Å². The smallest absolute Gasteiger partial charge is 0.255 e. The molecule has 1 aromatic carbocycles. The van der Waals surface area contributed by atoms with Gasteiger partial charge in [-0.05, 0) is 24.3 Å². The quantitative estimate of drug-likeness (QED) is 0.475. The molecule has 0 radical (unpaired) electrons. The second-order valence-electron chi connectivity index (χ2n) is 7.66. The van der Waals surface area contributed by atoms with E-state index in [1.807, 2.05) is 37.3 Å². The van der Waals surface area contributed by atoms with Crippen LogP contribution in [0.1, 0.15) is 23.1 Å². The number of aliphatic hydroxyl groups is 1. The van der Waals surface area contributed by atoms with Gasteiger partial charge in [-0.15, -0.1) is 0 Å². The zero-order valence-electron chi connectivity index (χ0n) is 18.6. The SMILES string of the molecule is CCc1nc(Nc2cc(C(=O)Nc3ccccc3)ccn2)nc(N2CCN(CCO)CC2)n1. The second kappa shape index (κ2) is 10.8. The maximum absolute atomic E-state index is 12.6. The number of benzene rings is 1. The van der Waals surface area contributed by atoms with E-state index in [2.05, 4.69) is 40.4 Å². The minimum absolute atomic E-state index is 0.162. The Morgan fingerprint density at radius 2 is 1.85 bits per heavy atom. The number of para-hydroxylation sites is 1. The van der Waals surface area contributed by atoms with Gasteiger partial charge in [-0.3, -0.25) is 9.69 Å². The first-order valence-electron chi connectivity index (χ1n) is 11.1. The highest BCUT2D eigenvalue weighted by atomic mass is 16.3. The van der Waals surface area contributed by atoms with E-state index in [1.165, 1.54) is 0 Å². The van der Waals surface area contributed by atoms with E-state index in [4.69, 9.17) is 5.11 Å². The van der Waals surface area contributed by atoms with Gasteiger partial charge in [-0.1, -0.05) is 25.1 Å². The van der Waals surface area contributed by atoms with Crippen molar-refractivity contribution in [3.63, 3.8) is 0 Å². The molecular weight excluding hydrogens is 420 g/mol. The molecule has 33 heavy (non-hydrogen) atoms. The van der Waals surface area contributed by atoms with E-state index in [9.17, 15) is 4.79 Å². The summed E-state index contributed by atoms with van der Waals surface area (Å²) in [7, 11) is 0. The van der Waals surface area contributed by atoms with E-state index in [-0.39, 0.29) is 12.5 Å². The first-order chi connectivity index (χ1) is 16.1. The van der Waals surface area contributed by atoms with Crippen molar-refractivity contribution >= 4 is 29.3 Å². The predicted octanol–water partition coefficient (Wildman–Crippen LogP) is 1.94. The second-order valence-corrected chi connectivity index (χ2v) is 7.66. The molecule has 172 valence electrons. The van der Waals surface area contributed by atoms with Crippen LogP contribution < -0.4 is 15.5 Å². The van der Waals surface area contributed by atoms with Gasteiger partial charge in [0.25, 0.3) is 5.91 Å². The van der Waals surface area contributed by atoms with Crippen molar-refractivity contribution in [2.45, 2.75) is 13.3 Å². The van der Waals surface area contributed by atoms with Gasteiger partial charge in [-0.2, -0.15) is 15.0 Å². The first kappa shape index (κ1) is 22.6. The highest BCUT2D eigenvalue weighted by Gasteiger charge is 2.20. The summed E-state index contributed by atoms with van der Waals surface area (Å²) < 4.78 is 0. The number of hydrogen-bond acceptors (Lipinski definition) is 9. The number of pyridine rings is 1. The lowest BCUT2D eigenvalue weighted by Crippen LogP contribution is -2.47. The molecule has 0 bridgehead atoms. The number of nitrogens with zero attached hydrogens (tertiary/aromatic N) is 6. The van der Waals surface area contributed by atoms with Crippen LogP contribution >= 0.6 is 0 Å². The zero-order valence-corrected chi connectivity index (χ0v) is 18.6. The zero-order chi connectivity index (χ0) is 23.0. The van der Waals surface area contributed by atoms with Crippen molar-refractivity contribution in [3.05, 3.63) is 60.0 Å². The molecule has 1 aliphatic heterocycles. The third kappa shape index (κ3) is 5.99. The van der Waals surface area contributed by atoms with E-state index in [1.54, 1.807) is 18.3 Å². The number of β-amino-alcohol motifs (C(OH)–C–C–N with tert-alkyl or cyclic N) is 1. The van der Waals surface area contributed by atoms with Gasteiger partial charge in [0.15, 0.2) is 0 Å². The topological polar surface area (TPSA) is 119 Å². The van der Waals surface area contributed by atoms with E-state index in [0.717, 1.165) is 31.9 Å². The fourth-order valence-corrected chi connectivity index (χ4v) is 3.56. The van der Waals surface area contributed by atoms with Crippen molar-refractivity contribution < 1.29 is 9.90 Å². The largest absolute Gasteiger partial charge is 0.395 e. The number of piperazine rings is 1. The Kier molecular flexibility index (Phi) is 7.38. The van der Waals surface area contributed by atoms with Crippen LogP contribution in [-0.2, 0) is 6.42 Å². The van der Waals surface area contributed by atoms with Gasteiger partial charge < -0.3 is 20.6 Å². The first-order valence-corrected chi connectivity index (χ1v) is 11.1. The summed E-state index contributed by atoms with van der Waals surface area (Å²) in [5.41, 5.74) is 1.20. The predicted molar refractivity (Wildman–Crippen MR) is 127 cm³/mol. The molecule has 10 heteroatoms. The van der Waals surface area contributed by atoms with Gasteiger partial charge in [0, 0.05) is 56.6 Å². The summed E-state index contributed by atoms with van der Waals surface area (Å²) in [6, 6.07) is 12.6. The number of hydrogen-bond donors (Lipinski definition) is 3. The van der Waals surface area contributed by atoms with Gasteiger partial charge in [0.2, 0.25) is 11.9 Å². The molecule has 1 fully saturated rings. The third-order valence-corrected chi connectivity index (χ3v) is 5.35. The minimum atomic E-state index is -0.224. The lowest BCUT2D eigenvalue weighted by molar-refractivity contribution is 0.102. The monoisotopic (exact) mass is 448 g/mol. The number of aryl methyl sites for hydroxylation is 1. The van der Waals surface area contributed by atoms with Crippen LogP contribution in [0.15, 0.2) is 48.7 Å². The number of carbonyl (C=O) groups excluding carboxylic acids is 1. The van der Waals surface area contributed by atoms with Gasteiger partial charge in [0.05, 0.1) is 6.61 Å². The number of amides is 1. The van der Waals surface area contributed by atoms with Gasteiger partial charge in [-0.25, -0.2) is 4.98 Å². The molecular formula is C23H28N8O2. The molecule has 10 nitrogen and oxygen atoms in total. The fourth-order valence-electron chi connectivity index (χ4n) is 3.56. The lowest BCUT2D eigenvalue weighted by Gasteiger charge is -2.34. The van der Waals surface area contributed by atoms with Crippen molar-refractivity contribution in [3.8, 4) is 0 Å². The summed E-state index contributed by atoms with van der Waals surface area (Å²) in [5, 5.41) is 15.1. The molecule has 3 aromatic rings. The van der Waals surface area contributed by atoms with Crippen molar-refractivity contribution in [1.29, 1.82) is 0 Å². The molecule has 0 aliphatic carbocycles. The summed E-state index contributed by atoms with van der Waals surface area (Å²) in [6.07, 6.45) is 2.24. The van der Waals surface area contributed by atoms with E-state index in [0.29, 0.717) is 42.1 Å². The summed E-state index contributed by atoms with van der Waals surface area (Å²) in [6.45, 7) is 6.08. The average Bonchev–Trinajstić information content (AvgIpc) is 2.85. The van der Waals surface area contributed by atoms with Crippen LogP contribution in [-0.4, -0.2) is 75.2 Å². The Hall–Kier alpha value is -3.63. The Labute approximate surface area is 192 Å². The average molecular weight is 449 g/mol. The molecule has 0 spiro atoms. The molecule has 1 saturated heterocycles. The minimum Gasteiger partial charge on any atom is -0.395 e. The van der Waals surface area contributed by atoms with Crippen LogP contribution in [0.4, 0.5) is 23.4 Å². The Morgan fingerprint density at radius 1 is 1.06 bits per heavy atom. The molecule has 0 unspecified atom stereocenters. The number of aliphatic hydroxyl groups excluding tert-OH is 1. The Morgan fingerprint density at radius 3 is 2.58 bits per heavy atom. The Balaban J connectivity index is 1.48. The van der Waals surface area contributed by atoms with Gasteiger partial charge in [0.1, 0.15) is 11.6 Å². The molecule has 0 saturated carbocycles. The molecule has 3 heterocycles. The standard InChI is InChI=1S/C23H28N8O2/c1-2-19-26-22(29-23(28-19)31-12-10-30(11-13-31)14-15-32)27-20-16-17(8-9-24-20)21(33)25-18-6-4-3-5-7-18/h3-9,16,32H,2,10-15H2,1H3,(H,25,33)(H,24,26,27,28,29). The third-order valence-electron chi connectivity index (χ3n) is 5.35. The summed E-state index contributed by atoms with van der Waals surface area (Å²) >= 11 is 0. The molecule has 2 aromatic heterocycles. The van der Waals surface area contributed by atoms with Crippen molar-refractivity contribution in [2.24, 2.45) is 0 Å². The number of carbonyl (C=O) groups is 1. The highest BCUT2D eigenvalue weighted by molar-refractivity contribution is 6.04. The van der Waals surface area contributed by atoms with Crippen LogP contribution in [0.3, 0.4) is 0 Å². The summed E-state index contributed by atoms with van der Waals surface area (Å²) in [5.74, 6) is 1.94. The maximum atomic E-state index is 12.6. The van der Waals surface area contributed by atoms with Crippen molar-refractivity contribution in [1.82, 2.24) is 24.8 Å². The maximum Gasteiger partial charge on any atom is 0.255 e. The van der Waals surface area contributed by atoms with Crippen LogP contribution in [0.25, 0.3) is 0 Å². The summed E-state index contributed by atoms with van der Waals surface area (Å²) in [4.78, 5) is 34.9. The normalized spacial score (nSPS) is 14.2. The van der Waals surface area contributed by atoms with Crippen LogP contribution in [0, 0.1) is 0 Å². The lowest BCUT2D eigenvalue weighted by atomic mass is 10.2. The molecule has 4 rings (SSSR count). The number of anilines is 4. The molecule has 1 aliphatic rings. The molecule has 0 atom stereocenters. The highest BCUT2D eigenvalue weighted by Crippen LogP contribution is 2.18. The van der Waals surface area contributed by atoms with Crippen LogP contribution in [0.5, 0.6) is 0 Å². The van der Waals surface area contributed by atoms with E-state index >= 15 is 0 Å². The number of aromatic nitrogens is 4. The number of nitrogens with one attached hydrogen (secondary N) is 2. The molecule has 1 amide bonds. The molecule has 3 N–H and O–H groups in total. The Bertz CT molecular complexity index is 1070. The van der Waals surface area contributed by atoms with Gasteiger partial charge >= 0.3 is 0 Å². The fraction of sp³-hybridized carbons (Fsp3) is 0.348. The van der Waals surface area contributed by atoms with E-state index < -0.39 is 0 Å². The number of rotatable bonds is 8. The van der Waals surface area contributed by atoms with Crippen molar-refractivity contribution in [2.75, 3.05) is 54.9 Å².